The summed E-state index contributed by atoms with van der Waals surface area (Å²) in [7, 11) is 6.06. The van der Waals surface area contributed by atoms with Crippen molar-refractivity contribution in [2.75, 3.05) is 35.2 Å². The second-order valence-electron chi connectivity index (χ2n) is 10.6. The Morgan fingerprint density at radius 1 is 0.911 bits per heavy atom. The van der Waals surface area contributed by atoms with Gasteiger partial charge in [-0.3, -0.25) is 19.3 Å². The van der Waals surface area contributed by atoms with Crippen LogP contribution in [0.2, 0.25) is 0 Å². The minimum absolute atomic E-state index is 0.0143. The molecule has 11 nitrogen and oxygen atoms in total. The molecule has 0 bridgehead atoms. The maximum atomic E-state index is 14.5. The van der Waals surface area contributed by atoms with Crippen molar-refractivity contribution in [3.05, 3.63) is 76.0 Å². The van der Waals surface area contributed by atoms with Crippen LogP contribution in [0.4, 0.5) is 0 Å². The van der Waals surface area contributed by atoms with E-state index >= 15 is 0 Å². The molecule has 1 saturated heterocycles. The average molecular weight is 617 g/mol. The number of imide groups is 1. The lowest BCUT2D eigenvalue weighted by molar-refractivity contribution is -0.158. The molecule has 0 aliphatic carbocycles. The zero-order valence-electron chi connectivity index (χ0n) is 26.4. The lowest BCUT2D eigenvalue weighted by Gasteiger charge is -2.40. The number of ether oxygens (including phenoxy) is 6. The molecule has 0 spiro atoms. The molecule has 45 heavy (non-hydrogen) atoms. The normalized spacial score (nSPS) is 16.7. The molecule has 11 heteroatoms. The summed E-state index contributed by atoms with van der Waals surface area (Å²) in [5.74, 6) is 1.23. The number of nitrogens with zero attached hydrogens (tertiary/aromatic N) is 2. The van der Waals surface area contributed by atoms with E-state index in [9.17, 15) is 14.4 Å². The first kappa shape index (κ1) is 31.2. The van der Waals surface area contributed by atoms with Crippen LogP contribution < -0.4 is 28.4 Å². The van der Waals surface area contributed by atoms with Crippen molar-refractivity contribution in [1.29, 1.82) is 0 Å². The third-order valence-electron chi connectivity index (χ3n) is 8.03. The summed E-state index contributed by atoms with van der Waals surface area (Å²) in [6.45, 7) is 5.04. The van der Waals surface area contributed by atoms with Gasteiger partial charge in [-0.2, -0.15) is 0 Å². The summed E-state index contributed by atoms with van der Waals surface area (Å²) in [5.41, 5.74) is 3.22. The van der Waals surface area contributed by atoms with Crippen LogP contribution in [-0.4, -0.2) is 68.8 Å². The van der Waals surface area contributed by atoms with Gasteiger partial charge in [0.1, 0.15) is 23.2 Å². The van der Waals surface area contributed by atoms with Gasteiger partial charge in [0, 0.05) is 35.6 Å². The van der Waals surface area contributed by atoms with Gasteiger partial charge < -0.3 is 33.3 Å². The van der Waals surface area contributed by atoms with E-state index in [1.54, 1.807) is 18.2 Å². The molecule has 3 amide bonds. The topological polar surface area (TPSA) is 113 Å². The van der Waals surface area contributed by atoms with Gasteiger partial charge in [-0.25, -0.2) is 0 Å². The summed E-state index contributed by atoms with van der Waals surface area (Å²) in [6.07, 6.45) is 1.55. The quantitative estimate of drug-likeness (QED) is 0.322. The number of hydrogen-bond acceptors (Lipinski definition) is 9. The summed E-state index contributed by atoms with van der Waals surface area (Å²) in [6, 6.07) is 11.6. The van der Waals surface area contributed by atoms with Crippen LogP contribution in [0.1, 0.15) is 34.7 Å². The van der Waals surface area contributed by atoms with Crippen molar-refractivity contribution >= 4 is 23.8 Å². The van der Waals surface area contributed by atoms with Gasteiger partial charge in [-0.1, -0.05) is 30.3 Å². The second kappa shape index (κ2) is 12.8. The van der Waals surface area contributed by atoms with E-state index in [2.05, 4.69) is 0 Å². The number of piperazine rings is 1. The highest BCUT2D eigenvalue weighted by atomic mass is 16.7. The molecule has 0 saturated carbocycles. The molecule has 5 rings (SSSR count). The first-order valence-electron chi connectivity index (χ1n) is 14.3. The minimum Gasteiger partial charge on any atom is -0.496 e. The van der Waals surface area contributed by atoms with Crippen LogP contribution in [0.5, 0.6) is 34.5 Å². The summed E-state index contributed by atoms with van der Waals surface area (Å²) >= 11 is 0. The van der Waals surface area contributed by atoms with Crippen molar-refractivity contribution in [2.45, 2.75) is 39.8 Å². The van der Waals surface area contributed by atoms with Gasteiger partial charge in [-0.15, -0.1) is 0 Å². The van der Waals surface area contributed by atoms with Crippen LogP contribution in [0.3, 0.4) is 0 Å². The zero-order chi connectivity index (χ0) is 32.4. The highest BCUT2D eigenvalue weighted by Crippen LogP contribution is 2.44. The fourth-order valence-corrected chi connectivity index (χ4v) is 6.01. The number of rotatable bonds is 9. The Hall–Kier alpha value is -5.19. The van der Waals surface area contributed by atoms with Gasteiger partial charge in [-0.05, 0) is 37.6 Å². The van der Waals surface area contributed by atoms with Gasteiger partial charge in [0.05, 0.1) is 35.0 Å². The molecule has 3 aromatic carbocycles. The van der Waals surface area contributed by atoms with E-state index in [1.165, 1.54) is 40.3 Å². The number of hydrogen-bond donors (Lipinski definition) is 0. The Balaban J connectivity index is 1.66. The molecule has 2 heterocycles. The molecule has 0 aromatic heterocycles. The van der Waals surface area contributed by atoms with Crippen LogP contribution in [0.25, 0.3) is 6.08 Å². The minimum atomic E-state index is -1.16. The molecular weight excluding hydrogens is 580 g/mol. The molecule has 0 radical (unpaired) electrons. The van der Waals surface area contributed by atoms with Crippen molar-refractivity contribution in [3.63, 3.8) is 0 Å². The lowest BCUT2D eigenvalue weighted by Crippen LogP contribution is -2.60. The highest BCUT2D eigenvalue weighted by Gasteiger charge is 2.45. The predicted molar refractivity (Wildman–Crippen MR) is 165 cm³/mol. The number of fused-ring (bicyclic) bond motifs is 1. The fraction of sp³-hybridized carbons (Fsp3) is 0.324. The summed E-state index contributed by atoms with van der Waals surface area (Å²) in [5, 5.41) is 0. The van der Waals surface area contributed by atoms with E-state index in [0.29, 0.717) is 56.8 Å². The Morgan fingerprint density at radius 2 is 1.60 bits per heavy atom. The van der Waals surface area contributed by atoms with Gasteiger partial charge >= 0.3 is 0 Å². The Morgan fingerprint density at radius 3 is 2.22 bits per heavy atom. The molecule has 2 aliphatic heterocycles. The lowest BCUT2D eigenvalue weighted by atomic mass is 9.95. The maximum absolute atomic E-state index is 14.5. The molecule has 1 atom stereocenters. The Kier molecular flexibility index (Phi) is 8.89. The maximum Gasteiger partial charge on any atom is 0.277 e. The first-order chi connectivity index (χ1) is 21.6. The monoisotopic (exact) mass is 616 g/mol. The molecule has 1 unspecified atom stereocenters. The molecule has 0 N–H and O–H groups in total. The predicted octanol–water partition coefficient (Wildman–Crippen LogP) is 4.44. The van der Waals surface area contributed by atoms with E-state index in [0.717, 1.165) is 10.5 Å². The summed E-state index contributed by atoms with van der Waals surface area (Å²) in [4.78, 5) is 44.5. The fourth-order valence-electron chi connectivity index (χ4n) is 6.01. The number of amides is 3. The second-order valence-corrected chi connectivity index (χ2v) is 10.6. The number of carbonyl (C=O) groups is 3. The van der Waals surface area contributed by atoms with E-state index in [4.69, 9.17) is 28.4 Å². The van der Waals surface area contributed by atoms with E-state index in [-0.39, 0.29) is 25.5 Å². The largest absolute Gasteiger partial charge is 0.496 e. The van der Waals surface area contributed by atoms with Gasteiger partial charge in [0.15, 0.2) is 23.0 Å². The Labute approximate surface area is 261 Å². The molecular formula is C34H36N2O9. The standard InChI is InChI=1S/C34H36N2O9/c1-19-29(41-5)24(15-27(40-4)31(19)43-7)14-26-33(38)35(17-22-11-9-8-10-12-22)25(34(39)36(26)21(3)37)13-23-16-28-32(45-18-44-28)20(2)30(23)42-6/h8-13,15-16,26H,14,17-18H2,1-7H3/b25-13-. The van der Waals surface area contributed by atoms with Crippen molar-refractivity contribution in [1.82, 2.24) is 9.80 Å². The average Bonchev–Trinajstić information content (AvgIpc) is 3.50. The van der Waals surface area contributed by atoms with Gasteiger partial charge in [0.25, 0.3) is 11.8 Å². The van der Waals surface area contributed by atoms with E-state index < -0.39 is 23.8 Å². The number of carbonyl (C=O) groups excluding carboxylic acids is 3. The Bertz CT molecular complexity index is 1680. The number of benzene rings is 3. The highest BCUT2D eigenvalue weighted by molar-refractivity contribution is 6.14. The third kappa shape index (κ3) is 5.61. The van der Waals surface area contributed by atoms with Gasteiger partial charge in [0.2, 0.25) is 12.7 Å². The van der Waals surface area contributed by atoms with Crippen LogP contribution in [0, 0.1) is 13.8 Å². The molecule has 2 aliphatic rings. The smallest absolute Gasteiger partial charge is 0.277 e. The summed E-state index contributed by atoms with van der Waals surface area (Å²) < 4.78 is 33.7. The molecule has 236 valence electrons. The third-order valence-corrected chi connectivity index (χ3v) is 8.03. The van der Waals surface area contributed by atoms with Crippen LogP contribution in [-0.2, 0) is 27.3 Å². The molecule has 3 aromatic rings. The molecule has 1 fully saturated rings. The van der Waals surface area contributed by atoms with Crippen LogP contribution in [0.15, 0.2) is 48.2 Å². The van der Waals surface area contributed by atoms with Crippen molar-refractivity contribution in [2.24, 2.45) is 0 Å². The zero-order valence-corrected chi connectivity index (χ0v) is 26.4. The van der Waals surface area contributed by atoms with Crippen molar-refractivity contribution < 1.29 is 42.8 Å². The van der Waals surface area contributed by atoms with Crippen molar-refractivity contribution in [3.8, 4) is 34.5 Å². The number of methoxy groups -OCH3 is 4. The first-order valence-corrected chi connectivity index (χ1v) is 14.3. The van der Waals surface area contributed by atoms with E-state index in [1.807, 2.05) is 44.2 Å². The van der Waals surface area contributed by atoms with Crippen LogP contribution >= 0.6 is 0 Å². The SMILES string of the molecule is COc1cc(CC2C(=O)N(Cc3ccccc3)/C(=C\c3cc4c(c(C)c3OC)OCO4)C(=O)N2C(C)=O)c(OC)c(C)c1OC.